The maximum atomic E-state index is 13.5. The van der Waals surface area contributed by atoms with Gasteiger partial charge in [0.1, 0.15) is 17.5 Å². The molecule has 1 atom stereocenters. The zero-order chi connectivity index (χ0) is 14.7. The first-order chi connectivity index (χ1) is 9.47. The van der Waals surface area contributed by atoms with Gasteiger partial charge in [0.05, 0.1) is 11.8 Å². The van der Waals surface area contributed by atoms with E-state index >= 15 is 0 Å². The lowest BCUT2D eigenvalue weighted by Gasteiger charge is -2.15. The largest absolute Gasteiger partial charge is 0.386 e. The third-order valence-corrected chi connectivity index (χ3v) is 3.42. The summed E-state index contributed by atoms with van der Waals surface area (Å²) in [7, 11) is 0. The van der Waals surface area contributed by atoms with Crippen molar-refractivity contribution in [3.05, 3.63) is 63.9 Å². The minimum absolute atomic E-state index is 0.0809. The van der Waals surface area contributed by atoms with Crippen molar-refractivity contribution in [2.24, 2.45) is 0 Å². The number of rotatable bonds is 4. The van der Waals surface area contributed by atoms with Gasteiger partial charge in [-0.3, -0.25) is 0 Å². The predicted octanol–water partition coefficient (Wildman–Crippen LogP) is 4.01. The summed E-state index contributed by atoms with van der Waals surface area (Å²) < 4.78 is 40.2. The van der Waals surface area contributed by atoms with Crippen LogP contribution in [0, 0.1) is 17.5 Å². The van der Waals surface area contributed by atoms with Crippen LogP contribution in [0.25, 0.3) is 0 Å². The maximum Gasteiger partial charge on any atom is 0.129 e. The molecule has 0 aliphatic rings. The summed E-state index contributed by atoms with van der Waals surface area (Å²) in [5, 5.41) is 12.6. The molecular formula is C14H11BrF3NO. The molecule has 2 N–H and O–H groups in total. The van der Waals surface area contributed by atoms with Crippen LogP contribution in [0.1, 0.15) is 11.7 Å². The molecule has 20 heavy (non-hydrogen) atoms. The van der Waals surface area contributed by atoms with E-state index < -0.39 is 23.6 Å². The van der Waals surface area contributed by atoms with E-state index in [1.807, 2.05) is 0 Å². The molecule has 0 spiro atoms. The lowest BCUT2D eigenvalue weighted by atomic mass is 10.1. The fourth-order valence-corrected chi connectivity index (χ4v) is 2.11. The Hall–Kier alpha value is -1.53. The number of anilines is 1. The summed E-state index contributed by atoms with van der Waals surface area (Å²) in [6, 6.07) is 6.87. The SMILES string of the molecule is OC(CNc1cc(F)ccc1Br)c1cc(F)ccc1F. The van der Waals surface area contributed by atoms with E-state index in [9.17, 15) is 18.3 Å². The first-order valence-electron chi connectivity index (χ1n) is 5.79. The van der Waals surface area contributed by atoms with Gasteiger partial charge < -0.3 is 10.4 Å². The van der Waals surface area contributed by atoms with Crippen LogP contribution in [-0.2, 0) is 0 Å². The van der Waals surface area contributed by atoms with Crippen molar-refractivity contribution in [3.63, 3.8) is 0 Å². The molecule has 0 amide bonds. The second-order valence-electron chi connectivity index (χ2n) is 4.19. The summed E-state index contributed by atoms with van der Waals surface area (Å²) in [5.41, 5.74) is 0.269. The molecule has 0 heterocycles. The van der Waals surface area contributed by atoms with Crippen LogP contribution in [-0.4, -0.2) is 11.7 Å². The van der Waals surface area contributed by atoms with Crippen LogP contribution in [0.5, 0.6) is 0 Å². The molecule has 0 aliphatic carbocycles. The van der Waals surface area contributed by atoms with Crippen molar-refractivity contribution in [3.8, 4) is 0 Å². The fraction of sp³-hybridized carbons (Fsp3) is 0.143. The maximum absolute atomic E-state index is 13.5. The molecule has 2 nitrogen and oxygen atoms in total. The van der Waals surface area contributed by atoms with Gasteiger partial charge in [-0.25, -0.2) is 13.2 Å². The van der Waals surface area contributed by atoms with Crippen LogP contribution < -0.4 is 5.32 Å². The average molecular weight is 346 g/mol. The summed E-state index contributed by atoms with van der Waals surface area (Å²) in [5.74, 6) is -1.77. The number of aliphatic hydroxyl groups is 1. The molecule has 0 bridgehead atoms. The van der Waals surface area contributed by atoms with E-state index in [0.29, 0.717) is 10.2 Å². The van der Waals surface area contributed by atoms with Crippen LogP contribution in [0.15, 0.2) is 40.9 Å². The van der Waals surface area contributed by atoms with Gasteiger partial charge in [-0.15, -0.1) is 0 Å². The van der Waals surface area contributed by atoms with Gasteiger partial charge in [0, 0.05) is 16.6 Å². The summed E-state index contributed by atoms with van der Waals surface area (Å²) in [6.45, 7) is -0.0809. The molecule has 2 aromatic rings. The van der Waals surface area contributed by atoms with Crippen molar-refractivity contribution >= 4 is 21.6 Å². The summed E-state index contributed by atoms with van der Waals surface area (Å²) >= 11 is 3.22. The van der Waals surface area contributed by atoms with Crippen molar-refractivity contribution < 1.29 is 18.3 Å². The van der Waals surface area contributed by atoms with Gasteiger partial charge in [0.25, 0.3) is 0 Å². The van der Waals surface area contributed by atoms with E-state index in [2.05, 4.69) is 21.2 Å². The molecule has 6 heteroatoms. The van der Waals surface area contributed by atoms with E-state index in [1.165, 1.54) is 18.2 Å². The van der Waals surface area contributed by atoms with Gasteiger partial charge in [-0.1, -0.05) is 0 Å². The normalized spacial score (nSPS) is 12.2. The number of hydrogen-bond acceptors (Lipinski definition) is 2. The van der Waals surface area contributed by atoms with Crippen molar-refractivity contribution in [1.82, 2.24) is 0 Å². The number of nitrogens with one attached hydrogen (secondary N) is 1. The summed E-state index contributed by atoms with van der Waals surface area (Å²) in [4.78, 5) is 0. The van der Waals surface area contributed by atoms with E-state index in [1.54, 1.807) is 0 Å². The van der Waals surface area contributed by atoms with E-state index in [4.69, 9.17) is 0 Å². The number of hydrogen-bond donors (Lipinski definition) is 2. The van der Waals surface area contributed by atoms with Crippen LogP contribution in [0.3, 0.4) is 0 Å². The molecular weight excluding hydrogens is 335 g/mol. The highest BCUT2D eigenvalue weighted by atomic mass is 79.9. The Morgan fingerprint density at radius 3 is 2.45 bits per heavy atom. The molecule has 0 aromatic heterocycles. The quantitative estimate of drug-likeness (QED) is 0.877. The lowest BCUT2D eigenvalue weighted by Crippen LogP contribution is -2.14. The number of halogens is 4. The molecule has 0 saturated carbocycles. The van der Waals surface area contributed by atoms with Crippen LogP contribution in [0.4, 0.5) is 18.9 Å². The fourth-order valence-electron chi connectivity index (χ4n) is 1.72. The molecule has 1 unspecified atom stereocenters. The monoisotopic (exact) mass is 345 g/mol. The number of aliphatic hydroxyl groups excluding tert-OH is 1. The molecule has 0 radical (unpaired) electrons. The highest BCUT2D eigenvalue weighted by Gasteiger charge is 2.14. The molecule has 0 fully saturated rings. The molecule has 2 rings (SSSR count). The third-order valence-electron chi connectivity index (χ3n) is 2.73. The van der Waals surface area contributed by atoms with Crippen LogP contribution in [0.2, 0.25) is 0 Å². The van der Waals surface area contributed by atoms with Crippen molar-refractivity contribution in [2.75, 3.05) is 11.9 Å². The Labute approximate surface area is 122 Å². The standard InChI is InChI=1S/C14H11BrF3NO/c15-11-3-1-9(17)6-13(11)19-7-14(20)10-5-8(16)2-4-12(10)18/h1-6,14,19-20H,7H2. The number of benzene rings is 2. The smallest absolute Gasteiger partial charge is 0.129 e. The first-order valence-corrected chi connectivity index (χ1v) is 6.58. The second kappa shape index (κ2) is 6.28. The zero-order valence-electron chi connectivity index (χ0n) is 10.2. The lowest BCUT2D eigenvalue weighted by molar-refractivity contribution is 0.186. The highest BCUT2D eigenvalue weighted by molar-refractivity contribution is 9.10. The van der Waals surface area contributed by atoms with E-state index in [-0.39, 0.29) is 12.1 Å². The second-order valence-corrected chi connectivity index (χ2v) is 5.04. The highest BCUT2D eigenvalue weighted by Crippen LogP contribution is 2.25. The van der Waals surface area contributed by atoms with Gasteiger partial charge in [-0.05, 0) is 52.3 Å². The molecule has 0 saturated heterocycles. The Morgan fingerprint density at radius 2 is 1.70 bits per heavy atom. The minimum atomic E-state index is -1.25. The topological polar surface area (TPSA) is 32.3 Å². The Bertz CT molecular complexity index is 621. The van der Waals surface area contributed by atoms with Gasteiger partial charge in [0.2, 0.25) is 0 Å². The van der Waals surface area contributed by atoms with Crippen molar-refractivity contribution in [1.29, 1.82) is 0 Å². The average Bonchev–Trinajstić information content (AvgIpc) is 2.42. The predicted molar refractivity (Wildman–Crippen MR) is 73.9 cm³/mol. The Morgan fingerprint density at radius 1 is 1.05 bits per heavy atom. The first kappa shape index (κ1) is 14.9. The zero-order valence-corrected chi connectivity index (χ0v) is 11.8. The molecule has 2 aromatic carbocycles. The summed E-state index contributed by atoms with van der Waals surface area (Å²) in [6.07, 6.45) is -1.25. The van der Waals surface area contributed by atoms with Gasteiger partial charge in [-0.2, -0.15) is 0 Å². The molecule has 106 valence electrons. The third kappa shape index (κ3) is 3.52. The van der Waals surface area contributed by atoms with E-state index in [0.717, 1.165) is 18.2 Å². The Balaban J connectivity index is 2.10. The van der Waals surface area contributed by atoms with Gasteiger partial charge in [0.15, 0.2) is 0 Å². The van der Waals surface area contributed by atoms with Crippen molar-refractivity contribution in [2.45, 2.75) is 6.10 Å². The molecule has 0 aliphatic heterocycles. The Kier molecular flexibility index (Phi) is 4.67. The van der Waals surface area contributed by atoms with Gasteiger partial charge >= 0.3 is 0 Å². The minimum Gasteiger partial charge on any atom is -0.386 e. The van der Waals surface area contributed by atoms with Crippen LogP contribution >= 0.6 is 15.9 Å².